The number of rotatable bonds is 4. The Morgan fingerprint density at radius 1 is 1.38 bits per heavy atom. The average molecular weight is 220 g/mol. The van der Waals surface area contributed by atoms with Gasteiger partial charge in [0.25, 0.3) is 0 Å². The Morgan fingerprint density at radius 2 is 2.00 bits per heavy atom. The number of carbonyl (C=O) groups excluding carboxylic acids is 1. The maximum absolute atomic E-state index is 12.0. The molecule has 2 nitrogen and oxygen atoms in total. The van der Waals surface area contributed by atoms with E-state index in [4.69, 9.17) is 0 Å². The summed E-state index contributed by atoms with van der Waals surface area (Å²) in [6.45, 7) is 7.89. The zero-order chi connectivity index (χ0) is 12.3. The fourth-order valence-electron chi connectivity index (χ4n) is 1.79. The molecule has 0 aliphatic heterocycles. The predicted octanol–water partition coefficient (Wildman–Crippen LogP) is 3.81. The summed E-state index contributed by atoms with van der Waals surface area (Å²) < 4.78 is 0. The molecule has 1 aromatic carbocycles. The van der Waals surface area contributed by atoms with Crippen LogP contribution in [0.15, 0.2) is 12.1 Å². The van der Waals surface area contributed by atoms with Crippen molar-refractivity contribution < 1.29 is 9.90 Å². The van der Waals surface area contributed by atoms with E-state index in [0.29, 0.717) is 6.42 Å². The van der Waals surface area contributed by atoms with Crippen LogP contribution < -0.4 is 0 Å². The molecular formula is C14H20O2. The highest BCUT2D eigenvalue weighted by molar-refractivity contribution is 5.98. The van der Waals surface area contributed by atoms with Gasteiger partial charge in [0.1, 0.15) is 5.75 Å². The van der Waals surface area contributed by atoms with Gasteiger partial charge < -0.3 is 5.11 Å². The molecule has 1 aromatic rings. The van der Waals surface area contributed by atoms with Gasteiger partial charge in [-0.2, -0.15) is 0 Å². The van der Waals surface area contributed by atoms with Crippen LogP contribution in [0.25, 0.3) is 0 Å². The number of hydrogen-bond donors (Lipinski definition) is 1. The number of phenols is 1. The Labute approximate surface area is 97.3 Å². The van der Waals surface area contributed by atoms with Crippen molar-refractivity contribution in [2.75, 3.05) is 0 Å². The van der Waals surface area contributed by atoms with E-state index < -0.39 is 0 Å². The molecule has 88 valence electrons. The van der Waals surface area contributed by atoms with Gasteiger partial charge >= 0.3 is 0 Å². The first-order valence-electron chi connectivity index (χ1n) is 5.84. The normalized spacial score (nSPS) is 10.8. The van der Waals surface area contributed by atoms with Crippen molar-refractivity contribution in [1.82, 2.24) is 0 Å². The molecule has 0 spiro atoms. The lowest BCUT2D eigenvalue weighted by atomic mass is 9.91. The van der Waals surface area contributed by atoms with E-state index in [1.807, 2.05) is 33.8 Å². The second-order valence-corrected chi connectivity index (χ2v) is 4.55. The van der Waals surface area contributed by atoms with Crippen LogP contribution in [0.1, 0.15) is 61.0 Å². The minimum absolute atomic E-state index is 0.175. The van der Waals surface area contributed by atoms with Crippen LogP contribution in [0.2, 0.25) is 0 Å². The molecule has 0 radical (unpaired) electrons. The average Bonchev–Trinajstić information content (AvgIpc) is 2.21. The summed E-state index contributed by atoms with van der Waals surface area (Å²) in [5.74, 6) is 0.702. The molecule has 0 amide bonds. The first-order valence-corrected chi connectivity index (χ1v) is 5.84. The van der Waals surface area contributed by atoms with Crippen molar-refractivity contribution in [3.63, 3.8) is 0 Å². The Kier molecular flexibility index (Phi) is 4.11. The number of phenolic OH excluding ortho intramolecular Hbond substituents is 1. The van der Waals surface area contributed by atoms with E-state index in [2.05, 4.69) is 0 Å². The Balaban J connectivity index is 3.24. The van der Waals surface area contributed by atoms with E-state index >= 15 is 0 Å². The summed E-state index contributed by atoms with van der Waals surface area (Å²) in [6.07, 6.45) is 1.43. The number of aryl methyl sites for hydroxylation is 1. The van der Waals surface area contributed by atoms with E-state index in [1.165, 1.54) is 0 Å². The number of Topliss-reactive ketones (excluding diaryl/α,β-unsaturated/α-hetero) is 1. The molecule has 0 bridgehead atoms. The molecule has 0 aliphatic carbocycles. The highest BCUT2D eigenvalue weighted by Crippen LogP contribution is 2.28. The quantitative estimate of drug-likeness (QED) is 0.783. The van der Waals surface area contributed by atoms with Crippen LogP contribution in [-0.2, 0) is 0 Å². The third-order valence-electron chi connectivity index (χ3n) is 2.77. The number of carbonyl (C=O) groups is 1. The number of aromatic hydroxyl groups is 1. The van der Waals surface area contributed by atoms with Crippen LogP contribution in [0.3, 0.4) is 0 Å². The highest BCUT2D eigenvalue weighted by Gasteiger charge is 2.15. The molecule has 0 saturated carbocycles. The largest absolute Gasteiger partial charge is 0.508 e. The van der Waals surface area contributed by atoms with Crippen molar-refractivity contribution in [2.24, 2.45) is 0 Å². The van der Waals surface area contributed by atoms with E-state index in [1.54, 1.807) is 6.07 Å². The highest BCUT2D eigenvalue weighted by atomic mass is 16.3. The van der Waals surface area contributed by atoms with Gasteiger partial charge in [0.2, 0.25) is 0 Å². The lowest BCUT2D eigenvalue weighted by molar-refractivity contribution is 0.0980. The molecule has 1 N–H and O–H groups in total. The molecule has 0 heterocycles. The van der Waals surface area contributed by atoms with Gasteiger partial charge in [-0.05, 0) is 42.5 Å². The van der Waals surface area contributed by atoms with Gasteiger partial charge in [0.15, 0.2) is 5.78 Å². The second kappa shape index (κ2) is 5.15. The third kappa shape index (κ3) is 2.63. The third-order valence-corrected chi connectivity index (χ3v) is 2.77. The molecule has 0 saturated heterocycles. The van der Waals surface area contributed by atoms with Gasteiger partial charge in [-0.25, -0.2) is 0 Å². The lowest BCUT2D eigenvalue weighted by Crippen LogP contribution is -2.05. The SMILES string of the molecule is CCCC(=O)c1cc(C)c(O)cc1C(C)C. The number of hydrogen-bond acceptors (Lipinski definition) is 2. The summed E-state index contributed by atoms with van der Waals surface area (Å²) in [4.78, 5) is 12.0. The molecule has 0 fully saturated rings. The van der Waals surface area contributed by atoms with Gasteiger partial charge in [-0.3, -0.25) is 4.79 Å². The Morgan fingerprint density at radius 3 is 2.50 bits per heavy atom. The Bertz CT molecular complexity index is 392. The van der Waals surface area contributed by atoms with Crippen molar-refractivity contribution in [3.8, 4) is 5.75 Å². The standard InChI is InChI=1S/C14H20O2/c1-5-6-13(15)12-7-10(4)14(16)8-11(12)9(2)3/h7-9,16H,5-6H2,1-4H3. The van der Waals surface area contributed by atoms with Gasteiger partial charge in [-0.15, -0.1) is 0 Å². The first kappa shape index (κ1) is 12.8. The fourth-order valence-corrected chi connectivity index (χ4v) is 1.79. The maximum Gasteiger partial charge on any atom is 0.163 e. The minimum Gasteiger partial charge on any atom is -0.508 e. The topological polar surface area (TPSA) is 37.3 Å². The molecule has 0 aliphatic rings. The summed E-state index contributed by atoms with van der Waals surface area (Å²) in [6, 6.07) is 3.53. The van der Waals surface area contributed by atoms with Crippen molar-refractivity contribution in [2.45, 2.75) is 46.5 Å². The van der Waals surface area contributed by atoms with Crippen LogP contribution in [0, 0.1) is 6.92 Å². The van der Waals surface area contributed by atoms with Crippen LogP contribution in [0.4, 0.5) is 0 Å². The van der Waals surface area contributed by atoms with Gasteiger partial charge in [0.05, 0.1) is 0 Å². The monoisotopic (exact) mass is 220 g/mol. The van der Waals surface area contributed by atoms with E-state index in [-0.39, 0.29) is 17.5 Å². The zero-order valence-electron chi connectivity index (χ0n) is 10.5. The molecule has 0 unspecified atom stereocenters. The molecule has 2 heteroatoms. The Hall–Kier alpha value is -1.31. The lowest BCUT2D eigenvalue weighted by Gasteiger charge is -2.13. The summed E-state index contributed by atoms with van der Waals surface area (Å²) in [5, 5.41) is 9.67. The van der Waals surface area contributed by atoms with E-state index in [9.17, 15) is 9.90 Å². The van der Waals surface area contributed by atoms with Crippen LogP contribution >= 0.6 is 0 Å². The summed E-state index contributed by atoms with van der Waals surface area (Å²) in [5.41, 5.74) is 2.48. The van der Waals surface area contributed by atoms with Crippen LogP contribution in [0.5, 0.6) is 5.75 Å². The van der Waals surface area contributed by atoms with Crippen molar-refractivity contribution in [3.05, 3.63) is 28.8 Å². The van der Waals surface area contributed by atoms with Gasteiger partial charge in [-0.1, -0.05) is 20.8 Å². The van der Waals surface area contributed by atoms with Crippen molar-refractivity contribution in [1.29, 1.82) is 0 Å². The van der Waals surface area contributed by atoms with Gasteiger partial charge in [0, 0.05) is 12.0 Å². The molecule has 1 rings (SSSR count). The summed E-state index contributed by atoms with van der Waals surface area (Å²) in [7, 11) is 0. The predicted molar refractivity (Wildman–Crippen MR) is 66.2 cm³/mol. The second-order valence-electron chi connectivity index (χ2n) is 4.55. The number of ketones is 1. The summed E-state index contributed by atoms with van der Waals surface area (Å²) >= 11 is 0. The maximum atomic E-state index is 12.0. The molecular weight excluding hydrogens is 200 g/mol. The number of benzene rings is 1. The molecule has 16 heavy (non-hydrogen) atoms. The van der Waals surface area contributed by atoms with Crippen LogP contribution in [-0.4, -0.2) is 10.9 Å². The molecule has 0 aromatic heterocycles. The van der Waals surface area contributed by atoms with Crippen molar-refractivity contribution >= 4 is 5.78 Å². The van der Waals surface area contributed by atoms with E-state index in [0.717, 1.165) is 23.1 Å². The fraction of sp³-hybridized carbons (Fsp3) is 0.500. The minimum atomic E-state index is 0.175. The smallest absolute Gasteiger partial charge is 0.163 e. The first-order chi connectivity index (χ1) is 7.47. The molecule has 0 atom stereocenters. The zero-order valence-corrected chi connectivity index (χ0v) is 10.5.